The van der Waals surface area contributed by atoms with Crippen molar-refractivity contribution in [2.24, 2.45) is 0 Å². The van der Waals surface area contributed by atoms with Crippen LogP contribution >= 0.6 is 0 Å². The van der Waals surface area contributed by atoms with Crippen molar-refractivity contribution in [2.45, 2.75) is 32.1 Å². The number of ether oxygens (including phenoxy) is 1. The molecule has 2 atom stereocenters. The second kappa shape index (κ2) is 4.27. The van der Waals surface area contributed by atoms with E-state index in [4.69, 9.17) is 9.84 Å². The first-order chi connectivity index (χ1) is 7.61. The smallest absolute Gasteiger partial charge is 0.253 e. The first-order valence-electron chi connectivity index (χ1n) is 5.35. The summed E-state index contributed by atoms with van der Waals surface area (Å²) in [4.78, 5) is 13.1. The number of carbonyl (C=O) groups is 1. The Labute approximate surface area is 94.4 Å². The van der Waals surface area contributed by atoms with Gasteiger partial charge in [-0.15, -0.1) is 0 Å². The lowest BCUT2D eigenvalue weighted by molar-refractivity contribution is -0.118. The topological polar surface area (TPSA) is 61.8 Å². The summed E-state index contributed by atoms with van der Waals surface area (Å²) < 4.78 is 5.62. The molecule has 0 aromatic rings. The van der Waals surface area contributed by atoms with E-state index in [9.17, 15) is 4.79 Å². The van der Waals surface area contributed by atoms with Crippen LogP contribution in [0.25, 0.3) is 0 Å². The van der Waals surface area contributed by atoms with Gasteiger partial charge in [0.2, 0.25) is 0 Å². The maximum absolute atomic E-state index is 11.3. The van der Waals surface area contributed by atoms with Crippen molar-refractivity contribution >= 4 is 5.91 Å². The van der Waals surface area contributed by atoms with Crippen LogP contribution in [-0.4, -0.2) is 34.9 Å². The van der Waals surface area contributed by atoms with Crippen molar-refractivity contribution in [3.63, 3.8) is 0 Å². The molecule has 0 aliphatic carbocycles. The average molecular weight is 224 g/mol. The Morgan fingerprint density at radius 3 is 3.06 bits per heavy atom. The lowest BCUT2D eigenvalue weighted by Crippen LogP contribution is -2.42. The van der Waals surface area contributed by atoms with E-state index in [0.29, 0.717) is 11.4 Å². The van der Waals surface area contributed by atoms with Gasteiger partial charge in [0.15, 0.2) is 0 Å². The third-order valence-corrected chi connectivity index (χ3v) is 2.86. The molecule has 5 heteroatoms. The van der Waals surface area contributed by atoms with E-state index in [1.165, 1.54) is 0 Å². The van der Waals surface area contributed by atoms with Crippen LogP contribution in [0.1, 0.15) is 19.8 Å². The molecule has 2 aliphatic rings. The predicted molar refractivity (Wildman–Crippen MR) is 57.9 cm³/mol. The largest absolute Gasteiger partial charge is 0.394 e. The normalized spacial score (nSPS) is 30.4. The molecule has 0 radical (unpaired) electrons. The van der Waals surface area contributed by atoms with Crippen molar-refractivity contribution in [3.8, 4) is 0 Å². The molecule has 5 nitrogen and oxygen atoms in total. The van der Waals surface area contributed by atoms with Gasteiger partial charge < -0.3 is 20.1 Å². The summed E-state index contributed by atoms with van der Waals surface area (Å²) in [5.41, 5.74) is 0.628. The van der Waals surface area contributed by atoms with Gasteiger partial charge in [-0.1, -0.05) is 6.58 Å². The highest BCUT2D eigenvalue weighted by molar-refractivity contribution is 5.94. The molecule has 2 rings (SSSR count). The highest BCUT2D eigenvalue weighted by Crippen LogP contribution is 2.26. The van der Waals surface area contributed by atoms with Crippen LogP contribution in [0.4, 0.5) is 0 Å². The minimum atomic E-state index is -0.139. The third kappa shape index (κ3) is 1.96. The molecule has 0 bridgehead atoms. The Balaban J connectivity index is 2.10. The fourth-order valence-corrected chi connectivity index (χ4v) is 1.92. The molecule has 0 unspecified atom stereocenters. The van der Waals surface area contributed by atoms with Gasteiger partial charge in [0.25, 0.3) is 5.91 Å². The molecule has 0 aromatic heterocycles. The number of carbonyl (C=O) groups excluding carboxylic acids is 1. The van der Waals surface area contributed by atoms with Crippen molar-refractivity contribution in [2.75, 3.05) is 6.61 Å². The zero-order valence-corrected chi connectivity index (χ0v) is 9.27. The molecule has 2 aliphatic heterocycles. The fraction of sp³-hybridized carbons (Fsp3) is 0.545. The van der Waals surface area contributed by atoms with Crippen LogP contribution in [0, 0.1) is 0 Å². The highest BCUT2D eigenvalue weighted by atomic mass is 16.5. The molecule has 1 fully saturated rings. The van der Waals surface area contributed by atoms with Gasteiger partial charge in [0.05, 0.1) is 12.7 Å². The molecule has 16 heavy (non-hydrogen) atoms. The minimum absolute atomic E-state index is 0.0336. The number of aliphatic hydroxyl groups is 1. The van der Waals surface area contributed by atoms with Gasteiger partial charge in [-0.25, -0.2) is 0 Å². The third-order valence-electron chi connectivity index (χ3n) is 2.86. The Morgan fingerprint density at radius 1 is 1.69 bits per heavy atom. The summed E-state index contributed by atoms with van der Waals surface area (Å²) in [5, 5.41) is 11.7. The van der Waals surface area contributed by atoms with Crippen LogP contribution in [0.15, 0.2) is 24.2 Å². The van der Waals surface area contributed by atoms with Crippen LogP contribution in [0.3, 0.4) is 0 Å². The number of hydrogen-bond donors (Lipinski definition) is 2. The standard InChI is InChI=1S/C11H16N2O3/c1-7-5-13(8(2)12-11(7)15)10-4-3-9(6-14)16-10/h5,9-10,14H,2-4,6H2,1H3,(H,12,15)/t9-,10+/m0/s1. The molecule has 2 heterocycles. The Kier molecular flexibility index (Phi) is 2.98. The Morgan fingerprint density at radius 2 is 2.44 bits per heavy atom. The zero-order valence-electron chi connectivity index (χ0n) is 9.27. The molecule has 0 spiro atoms. The maximum atomic E-state index is 11.3. The lowest BCUT2D eigenvalue weighted by atomic mass is 10.2. The SMILES string of the molecule is C=C1NC(=O)C(C)=CN1[C@H]1CC[C@@H](CO)O1. The Bertz CT molecular complexity index is 351. The molecule has 2 N–H and O–H groups in total. The van der Waals surface area contributed by atoms with E-state index < -0.39 is 0 Å². The number of nitrogens with zero attached hydrogens (tertiary/aromatic N) is 1. The lowest BCUT2D eigenvalue weighted by Gasteiger charge is -2.32. The predicted octanol–water partition coefficient (Wildman–Crippen LogP) is 0.291. The quantitative estimate of drug-likeness (QED) is 0.707. The Hall–Kier alpha value is -1.33. The van der Waals surface area contributed by atoms with E-state index in [2.05, 4.69) is 11.9 Å². The van der Waals surface area contributed by atoms with E-state index in [-0.39, 0.29) is 24.8 Å². The van der Waals surface area contributed by atoms with Gasteiger partial charge in [-0.3, -0.25) is 4.79 Å². The second-order valence-electron chi connectivity index (χ2n) is 4.09. The summed E-state index contributed by atoms with van der Waals surface area (Å²) in [6.07, 6.45) is 3.14. The van der Waals surface area contributed by atoms with E-state index in [0.717, 1.165) is 12.8 Å². The van der Waals surface area contributed by atoms with Crippen LogP contribution in [-0.2, 0) is 9.53 Å². The first-order valence-corrected chi connectivity index (χ1v) is 5.35. The first kappa shape index (κ1) is 11.2. The van der Waals surface area contributed by atoms with Gasteiger partial charge >= 0.3 is 0 Å². The van der Waals surface area contributed by atoms with Crippen molar-refractivity contribution in [3.05, 3.63) is 24.2 Å². The monoisotopic (exact) mass is 224 g/mol. The van der Waals surface area contributed by atoms with Gasteiger partial charge in [-0.05, 0) is 19.8 Å². The van der Waals surface area contributed by atoms with E-state index >= 15 is 0 Å². The fourth-order valence-electron chi connectivity index (χ4n) is 1.92. The van der Waals surface area contributed by atoms with E-state index in [1.807, 2.05) is 4.90 Å². The minimum Gasteiger partial charge on any atom is -0.394 e. The molecule has 0 saturated carbocycles. The van der Waals surface area contributed by atoms with Crippen LogP contribution < -0.4 is 5.32 Å². The molecular weight excluding hydrogens is 208 g/mol. The molecule has 88 valence electrons. The summed E-state index contributed by atoms with van der Waals surface area (Å²) in [6, 6.07) is 0. The molecule has 0 aromatic carbocycles. The summed E-state index contributed by atoms with van der Waals surface area (Å²) in [6.45, 7) is 5.56. The molecule has 1 saturated heterocycles. The highest BCUT2D eigenvalue weighted by Gasteiger charge is 2.32. The van der Waals surface area contributed by atoms with Crippen molar-refractivity contribution in [1.29, 1.82) is 0 Å². The van der Waals surface area contributed by atoms with Crippen LogP contribution in [0.2, 0.25) is 0 Å². The summed E-state index contributed by atoms with van der Waals surface area (Å²) in [7, 11) is 0. The zero-order chi connectivity index (χ0) is 11.7. The number of aliphatic hydroxyl groups excluding tert-OH is 1. The van der Waals surface area contributed by atoms with Gasteiger partial charge in [0, 0.05) is 11.8 Å². The van der Waals surface area contributed by atoms with Crippen molar-refractivity contribution in [1.82, 2.24) is 10.2 Å². The number of amides is 1. The second-order valence-corrected chi connectivity index (χ2v) is 4.09. The summed E-state index contributed by atoms with van der Waals surface area (Å²) in [5.74, 6) is 0.400. The number of nitrogens with one attached hydrogen (secondary N) is 1. The maximum Gasteiger partial charge on any atom is 0.253 e. The summed E-state index contributed by atoms with van der Waals surface area (Å²) >= 11 is 0. The van der Waals surface area contributed by atoms with Gasteiger partial charge in [0.1, 0.15) is 12.0 Å². The average Bonchev–Trinajstić information content (AvgIpc) is 2.71. The number of rotatable bonds is 2. The van der Waals surface area contributed by atoms with Crippen molar-refractivity contribution < 1.29 is 14.6 Å². The van der Waals surface area contributed by atoms with Crippen LogP contribution in [0.5, 0.6) is 0 Å². The van der Waals surface area contributed by atoms with E-state index in [1.54, 1.807) is 13.1 Å². The molecule has 1 amide bonds. The molecular formula is C11H16N2O3. The van der Waals surface area contributed by atoms with Gasteiger partial charge in [-0.2, -0.15) is 0 Å². The number of hydrogen-bond acceptors (Lipinski definition) is 4.